The lowest BCUT2D eigenvalue weighted by Crippen LogP contribution is -2.40. The summed E-state index contributed by atoms with van der Waals surface area (Å²) in [5.41, 5.74) is 2.08. The third-order valence-corrected chi connectivity index (χ3v) is 7.70. The zero-order valence-electron chi connectivity index (χ0n) is 18.9. The number of sulfonamides is 1. The number of methoxy groups -OCH3 is 1. The molecule has 1 aliphatic heterocycles. The lowest BCUT2D eigenvalue weighted by molar-refractivity contribution is 0.0730. The lowest BCUT2D eigenvalue weighted by Gasteiger charge is -2.26. The molecule has 3 aromatic carbocycles. The van der Waals surface area contributed by atoms with Gasteiger partial charge in [-0.1, -0.05) is 35.5 Å². The Morgan fingerprint density at radius 2 is 1.80 bits per heavy atom. The predicted octanol–water partition coefficient (Wildman–Crippen LogP) is 3.78. The summed E-state index contributed by atoms with van der Waals surface area (Å²) in [7, 11) is -2.29. The highest BCUT2D eigenvalue weighted by atomic mass is 32.2. The second kappa shape index (κ2) is 9.49. The van der Waals surface area contributed by atoms with E-state index in [1.807, 2.05) is 30.3 Å². The van der Waals surface area contributed by atoms with E-state index in [9.17, 15) is 13.2 Å². The topological polar surface area (TPSA) is 111 Å². The molecule has 1 N–H and O–H groups in total. The first-order chi connectivity index (χ1) is 17.0. The third kappa shape index (κ3) is 4.51. The number of amides is 1. The Kier molecular flexibility index (Phi) is 6.25. The predicted molar refractivity (Wildman–Crippen MR) is 130 cm³/mol. The third-order valence-electron chi connectivity index (χ3n) is 5.80. The first-order valence-corrected chi connectivity index (χ1v) is 12.4. The van der Waals surface area contributed by atoms with Crippen molar-refractivity contribution >= 4 is 32.5 Å². The zero-order chi connectivity index (χ0) is 24.4. The molecule has 2 heterocycles. The number of aromatic nitrogens is 1. The van der Waals surface area contributed by atoms with Gasteiger partial charge in [-0.25, -0.2) is 8.42 Å². The summed E-state index contributed by atoms with van der Waals surface area (Å²) in [6, 6.07) is 18.9. The first kappa shape index (κ1) is 23.0. The number of benzene rings is 3. The average molecular weight is 494 g/mol. The summed E-state index contributed by atoms with van der Waals surface area (Å²) in [4.78, 5) is 13.2. The molecule has 0 bridgehead atoms. The van der Waals surface area contributed by atoms with Crippen LogP contribution < -0.4 is 10.1 Å². The van der Waals surface area contributed by atoms with Crippen molar-refractivity contribution in [2.75, 3.05) is 38.7 Å². The molecule has 5 rings (SSSR count). The first-order valence-electron chi connectivity index (χ1n) is 11.0. The van der Waals surface area contributed by atoms with E-state index < -0.39 is 15.9 Å². The number of morpholine rings is 1. The summed E-state index contributed by atoms with van der Waals surface area (Å²) in [6.45, 7) is 1.24. The number of nitrogens with zero attached hydrogens (tertiary/aromatic N) is 2. The number of anilines is 1. The average Bonchev–Trinajstić information content (AvgIpc) is 3.33. The Hall–Kier alpha value is -3.73. The van der Waals surface area contributed by atoms with Crippen LogP contribution in [0.2, 0.25) is 0 Å². The van der Waals surface area contributed by atoms with Gasteiger partial charge in [-0.3, -0.25) is 4.79 Å². The molecule has 35 heavy (non-hydrogen) atoms. The number of ether oxygens (including phenoxy) is 2. The minimum atomic E-state index is -3.74. The van der Waals surface area contributed by atoms with Crippen LogP contribution in [0.4, 0.5) is 5.69 Å². The summed E-state index contributed by atoms with van der Waals surface area (Å²) in [5, 5.41) is 7.56. The number of nitrogens with one attached hydrogen (secondary N) is 1. The Bertz CT molecular complexity index is 1480. The normalized spacial score (nSPS) is 14.7. The van der Waals surface area contributed by atoms with Gasteiger partial charge < -0.3 is 19.3 Å². The summed E-state index contributed by atoms with van der Waals surface area (Å²) >= 11 is 0. The van der Waals surface area contributed by atoms with Gasteiger partial charge in [0.25, 0.3) is 5.91 Å². The maximum absolute atomic E-state index is 13.2. The number of fused-ring (bicyclic) bond motifs is 1. The van der Waals surface area contributed by atoms with Crippen LogP contribution in [-0.2, 0) is 14.8 Å². The highest BCUT2D eigenvalue weighted by Crippen LogP contribution is 2.32. The maximum atomic E-state index is 13.2. The van der Waals surface area contributed by atoms with E-state index in [4.69, 9.17) is 14.0 Å². The minimum Gasteiger partial charge on any atom is -0.495 e. The number of carbonyl (C=O) groups excluding carboxylic acids is 1. The van der Waals surface area contributed by atoms with E-state index in [1.165, 1.54) is 29.6 Å². The molecule has 1 aromatic heterocycles. The van der Waals surface area contributed by atoms with Gasteiger partial charge in [0.15, 0.2) is 5.76 Å². The highest BCUT2D eigenvalue weighted by Gasteiger charge is 2.27. The van der Waals surface area contributed by atoms with E-state index in [0.717, 1.165) is 5.56 Å². The van der Waals surface area contributed by atoms with E-state index >= 15 is 0 Å². The SMILES string of the molecule is COc1ccc(S(=O)(=O)N2CCOCC2)cc1NC(=O)c1ccc2noc(-c3ccccc3)c2c1. The Morgan fingerprint density at radius 1 is 1.03 bits per heavy atom. The van der Waals surface area contributed by atoms with Gasteiger partial charge in [0, 0.05) is 24.2 Å². The molecule has 4 aromatic rings. The van der Waals surface area contributed by atoms with Crippen molar-refractivity contribution in [2.45, 2.75) is 4.90 Å². The Labute approximate surface area is 202 Å². The van der Waals surface area contributed by atoms with E-state index in [1.54, 1.807) is 18.2 Å². The summed E-state index contributed by atoms with van der Waals surface area (Å²) < 4.78 is 43.7. The van der Waals surface area contributed by atoms with E-state index in [-0.39, 0.29) is 23.7 Å². The highest BCUT2D eigenvalue weighted by molar-refractivity contribution is 7.89. The van der Waals surface area contributed by atoms with Gasteiger partial charge in [0.1, 0.15) is 11.3 Å². The van der Waals surface area contributed by atoms with Crippen LogP contribution in [0.25, 0.3) is 22.2 Å². The number of rotatable bonds is 6. The summed E-state index contributed by atoms with van der Waals surface area (Å²) in [6.07, 6.45) is 0. The largest absolute Gasteiger partial charge is 0.495 e. The monoisotopic (exact) mass is 493 g/mol. The molecule has 0 saturated carbocycles. The molecule has 1 aliphatic rings. The fourth-order valence-electron chi connectivity index (χ4n) is 3.96. The van der Waals surface area contributed by atoms with Crippen LogP contribution in [0.3, 0.4) is 0 Å². The minimum absolute atomic E-state index is 0.0661. The van der Waals surface area contributed by atoms with Crippen LogP contribution in [0.15, 0.2) is 76.1 Å². The van der Waals surface area contributed by atoms with Crippen LogP contribution in [-0.4, -0.2) is 57.2 Å². The van der Waals surface area contributed by atoms with Crippen molar-refractivity contribution in [3.05, 3.63) is 72.3 Å². The second-order valence-corrected chi connectivity index (χ2v) is 9.88. The molecule has 1 amide bonds. The molecular formula is C25H23N3O6S. The fraction of sp³-hybridized carbons (Fsp3) is 0.200. The van der Waals surface area contributed by atoms with E-state index in [0.29, 0.717) is 41.2 Å². The molecule has 0 radical (unpaired) electrons. The van der Waals surface area contributed by atoms with Crippen LogP contribution in [0.1, 0.15) is 10.4 Å². The molecule has 9 nitrogen and oxygen atoms in total. The molecule has 10 heteroatoms. The molecule has 1 fully saturated rings. The standard InChI is InChI=1S/C25H23N3O6S/c1-32-23-10-8-19(35(30,31)28-11-13-33-14-12-28)16-22(23)26-25(29)18-7-9-21-20(15-18)24(34-27-21)17-5-3-2-4-6-17/h2-10,15-16H,11-14H2,1H3,(H,26,29). The van der Waals surface area contributed by atoms with Crippen molar-refractivity contribution in [2.24, 2.45) is 0 Å². The van der Waals surface area contributed by atoms with Crippen molar-refractivity contribution in [1.29, 1.82) is 0 Å². The number of hydrogen-bond acceptors (Lipinski definition) is 7. The Morgan fingerprint density at radius 3 is 2.54 bits per heavy atom. The van der Waals surface area contributed by atoms with Crippen molar-refractivity contribution in [3.8, 4) is 17.1 Å². The number of carbonyl (C=O) groups is 1. The second-order valence-electron chi connectivity index (χ2n) is 7.94. The molecule has 0 atom stereocenters. The van der Waals surface area contributed by atoms with Crippen LogP contribution in [0.5, 0.6) is 5.75 Å². The van der Waals surface area contributed by atoms with Gasteiger partial charge in [-0.2, -0.15) is 4.31 Å². The lowest BCUT2D eigenvalue weighted by atomic mass is 10.1. The maximum Gasteiger partial charge on any atom is 0.255 e. The molecular weight excluding hydrogens is 470 g/mol. The van der Waals surface area contributed by atoms with Crippen LogP contribution in [0, 0.1) is 0 Å². The summed E-state index contributed by atoms with van der Waals surface area (Å²) in [5.74, 6) is 0.480. The van der Waals surface area contributed by atoms with Crippen LogP contribution >= 0.6 is 0 Å². The fourth-order valence-corrected chi connectivity index (χ4v) is 5.39. The van der Waals surface area contributed by atoms with Gasteiger partial charge in [0.05, 0.1) is 36.3 Å². The quantitative estimate of drug-likeness (QED) is 0.435. The molecule has 0 spiro atoms. The van der Waals surface area contributed by atoms with Gasteiger partial charge in [0.2, 0.25) is 10.0 Å². The molecule has 180 valence electrons. The van der Waals surface area contributed by atoms with Crippen molar-refractivity contribution in [1.82, 2.24) is 9.46 Å². The molecule has 0 unspecified atom stereocenters. The molecule has 0 aliphatic carbocycles. The van der Waals surface area contributed by atoms with E-state index in [2.05, 4.69) is 10.5 Å². The Balaban J connectivity index is 1.46. The van der Waals surface area contributed by atoms with Gasteiger partial charge in [-0.05, 0) is 36.4 Å². The van der Waals surface area contributed by atoms with Crippen molar-refractivity contribution < 1.29 is 27.2 Å². The van der Waals surface area contributed by atoms with Gasteiger partial charge >= 0.3 is 0 Å². The number of hydrogen-bond donors (Lipinski definition) is 1. The van der Waals surface area contributed by atoms with Crippen molar-refractivity contribution in [3.63, 3.8) is 0 Å². The van der Waals surface area contributed by atoms with Gasteiger partial charge in [-0.15, -0.1) is 0 Å². The smallest absolute Gasteiger partial charge is 0.255 e. The molecule has 1 saturated heterocycles. The zero-order valence-corrected chi connectivity index (χ0v) is 19.7.